The van der Waals surface area contributed by atoms with Crippen molar-refractivity contribution in [2.24, 2.45) is 10.8 Å². The van der Waals surface area contributed by atoms with Gasteiger partial charge in [0.1, 0.15) is 0 Å². The molecule has 2 rings (SSSR count). The molecule has 0 N–H and O–H groups in total. The first kappa shape index (κ1) is 19.9. The van der Waals surface area contributed by atoms with E-state index in [9.17, 15) is 24.9 Å². The van der Waals surface area contributed by atoms with Crippen LogP contribution < -0.4 is 0 Å². The molecule has 0 bridgehead atoms. The van der Waals surface area contributed by atoms with Crippen molar-refractivity contribution in [2.75, 3.05) is 20.3 Å². The Kier molecular flexibility index (Phi) is 5.51. The standard InChI is InChI=1S/C19H18N2O6/c1-4-26-16(23)19(17(24)27-5-2)14(18(19,10-20)11-21)12-6-8-13(9-7-12)15(22)25-3/h6-9,14H,4-5H2,1-3H3. The topological polar surface area (TPSA) is 126 Å². The van der Waals surface area contributed by atoms with Crippen LogP contribution in [-0.2, 0) is 23.8 Å². The SMILES string of the molecule is CCOC(=O)C1(C(=O)OCC)C(c2ccc(C(=O)OC)cc2)C1(C#N)C#N. The number of carbonyl (C=O) groups is 3. The van der Waals surface area contributed by atoms with Crippen molar-refractivity contribution >= 4 is 17.9 Å². The Morgan fingerprint density at radius 3 is 1.85 bits per heavy atom. The highest BCUT2D eigenvalue weighted by Gasteiger charge is 2.89. The van der Waals surface area contributed by atoms with Gasteiger partial charge in [0.05, 0.1) is 38.0 Å². The van der Waals surface area contributed by atoms with E-state index in [0.29, 0.717) is 5.56 Å². The molecule has 0 amide bonds. The van der Waals surface area contributed by atoms with Crippen molar-refractivity contribution in [1.82, 2.24) is 0 Å². The summed E-state index contributed by atoms with van der Waals surface area (Å²) in [6.45, 7) is 3.06. The quantitative estimate of drug-likeness (QED) is 0.421. The monoisotopic (exact) mass is 370 g/mol. The molecule has 0 spiro atoms. The van der Waals surface area contributed by atoms with Crippen LogP contribution >= 0.6 is 0 Å². The molecule has 0 radical (unpaired) electrons. The van der Waals surface area contributed by atoms with Crippen LogP contribution in [-0.4, -0.2) is 38.2 Å². The zero-order chi connectivity index (χ0) is 20.2. The number of nitrogens with zero attached hydrogens (tertiary/aromatic N) is 2. The van der Waals surface area contributed by atoms with Crippen LogP contribution in [0.5, 0.6) is 0 Å². The van der Waals surface area contributed by atoms with E-state index >= 15 is 0 Å². The summed E-state index contributed by atoms with van der Waals surface area (Å²) in [6, 6.07) is 9.44. The van der Waals surface area contributed by atoms with Gasteiger partial charge in [-0.25, -0.2) is 4.79 Å². The number of esters is 3. The number of ether oxygens (including phenoxy) is 3. The molecule has 1 fully saturated rings. The van der Waals surface area contributed by atoms with Crippen molar-refractivity contribution in [2.45, 2.75) is 19.8 Å². The molecule has 1 unspecified atom stereocenters. The van der Waals surface area contributed by atoms with E-state index < -0.39 is 34.7 Å². The number of nitriles is 2. The van der Waals surface area contributed by atoms with E-state index in [1.54, 1.807) is 13.8 Å². The van der Waals surface area contributed by atoms with E-state index in [1.807, 2.05) is 12.1 Å². The third kappa shape index (κ3) is 2.70. The average molecular weight is 370 g/mol. The number of carbonyl (C=O) groups excluding carboxylic acids is 3. The molecule has 1 aromatic carbocycles. The lowest BCUT2D eigenvalue weighted by molar-refractivity contribution is -0.165. The molecule has 0 aromatic heterocycles. The zero-order valence-corrected chi connectivity index (χ0v) is 15.1. The molecule has 1 atom stereocenters. The van der Waals surface area contributed by atoms with Crippen molar-refractivity contribution < 1.29 is 28.6 Å². The normalized spacial score (nSPS) is 18.3. The van der Waals surface area contributed by atoms with Crippen LogP contribution in [0.2, 0.25) is 0 Å². The fourth-order valence-corrected chi connectivity index (χ4v) is 3.37. The summed E-state index contributed by atoms with van der Waals surface area (Å²) in [4.78, 5) is 37.0. The third-order valence-corrected chi connectivity index (χ3v) is 4.62. The number of hydrogen-bond acceptors (Lipinski definition) is 8. The summed E-state index contributed by atoms with van der Waals surface area (Å²) in [5.41, 5.74) is -3.42. The lowest BCUT2D eigenvalue weighted by Crippen LogP contribution is -2.35. The minimum atomic E-state index is -2.07. The van der Waals surface area contributed by atoms with Gasteiger partial charge in [-0.05, 0) is 31.5 Å². The summed E-state index contributed by atoms with van der Waals surface area (Å²) >= 11 is 0. The van der Waals surface area contributed by atoms with E-state index in [4.69, 9.17) is 9.47 Å². The Bertz CT molecular complexity index is 814. The number of rotatable bonds is 6. The highest BCUT2D eigenvalue weighted by molar-refractivity contribution is 6.09. The fraction of sp³-hybridized carbons (Fsp3) is 0.421. The van der Waals surface area contributed by atoms with Crippen LogP contribution in [0.15, 0.2) is 24.3 Å². The lowest BCUT2D eigenvalue weighted by Gasteiger charge is -2.15. The van der Waals surface area contributed by atoms with Gasteiger partial charge >= 0.3 is 17.9 Å². The van der Waals surface area contributed by atoms with Crippen molar-refractivity contribution in [3.05, 3.63) is 35.4 Å². The summed E-state index contributed by atoms with van der Waals surface area (Å²) in [6.07, 6.45) is 0. The highest BCUT2D eigenvalue weighted by atomic mass is 16.6. The van der Waals surface area contributed by atoms with Crippen LogP contribution in [0, 0.1) is 33.5 Å². The fourth-order valence-electron chi connectivity index (χ4n) is 3.37. The van der Waals surface area contributed by atoms with Crippen molar-refractivity contribution in [3.8, 4) is 12.1 Å². The Morgan fingerprint density at radius 1 is 1.00 bits per heavy atom. The number of benzene rings is 1. The van der Waals surface area contributed by atoms with E-state index in [2.05, 4.69) is 4.74 Å². The molecule has 140 valence electrons. The predicted molar refractivity (Wildman–Crippen MR) is 89.9 cm³/mol. The second kappa shape index (κ2) is 7.46. The summed E-state index contributed by atoms with van der Waals surface area (Å²) in [5, 5.41) is 19.4. The Hall–Kier alpha value is -3.39. The van der Waals surface area contributed by atoms with E-state index in [1.165, 1.54) is 31.4 Å². The van der Waals surface area contributed by atoms with Gasteiger partial charge in [0.2, 0.25) is 5.41 Å². The van der Waals surface area contributed by atoms with Gasteiger partial charge in [0.15, 0.2) is 5.41 Å². The first-order valence-electron chi connectivity index (χ1n) is 8.26. The maximum Gasteiger partial charge on any atom is 0.337 e. The van der Waals surface area contributed by atoms with Crippen molar-refractivity contribution in [3.63, 3.8) is 0 Å². The highest BCUT2D eigenvalue weighted by Crippen LogP contribution is 2.74. The molecule has 0 saturated heterocycles. The molecule has 1 saturated carbocycles. The Balaban J connectivity index is 2.60. The van der Waals surface area contributed by atoms with Gasteiger partial charge in [0.25, 0.3) is 0 Å². The molecule has 0 aliphatic heterocycles. The first-order valence-corrected chi connectivity index (χ1v) is 8.26. The molecular weight excluding hydrogens is 352 g/mol. The summed E-state index contributed by atoms with van der Waals surface area (Å²) in [5.74, 6) is -3.60. The second-order valence-electron chi connectivity index (χ2n) is 5.83. The largest absolute Gasteiger partial charge is 0.465 e. The Morgan fingerprint density at radius 2 is 1.48 bits per heavy atom. The Labute approximate surface area is 156 Å². The van der Waals surface area contributed by atoms with Gasteiger partial charge in [-0.1, -0.05) is 12.1 Å². The van der Waals surface area contributed by atoms with Gasteiger partial charge < -0.3 is 14.2 Å². The zero-order valence-electron chi connectivity index (χ0n) is 15.1. The van der Waals surface area contributed by atoms with E-state index in [0.717, 1.165) is 0 Å². The average Bonchev–Trinajstić information content (AvgIpc) is 3.32. The summed E-state index contributed by atoms with van der Waals surface area (Å²) < 4.78 is 14.6. The molecule has 1 aromatic rings. The van der Waals surface area contributed by atoms with Crippen LogP contribution in [0.4, 0.5) is 0 Å². The van der Waals surface area contributed by atoms with Gasteiger partial charge in [-0.2, -0.15) is 10.5 Å². The molecule has 27 heavy (non-hydrogen) atoms. The smallest absolute Gasteiger partial charge is 0.337 e. The van der Waals surface area contributed by atoms with Gasteiger partial charge in [-0.15, -0.1) is 0 Å². The van der Waals surface area contributed by atoms with Crippen LogP contribution in [0.25, 0.3) is 0 Å². The molecule has 0 heterocycles. The van der Waals surface area contributed by atoms with Crippen molar-refractivity contribution in [1.29, 1.82) is 10.5 Å². The van der Waals surface area contributed by atoms with E-state index in [-0.39, 0.29) is 18.8 Å². The second-order valence-corrected chi connectivity index (χ2v) is 5.83. The first-order chi connectivity index (χ1) is 12.9. The maximum absolute atomic E-state index is 12.7. The predicted octanol–water partition coefficient (Wildman–Crippen LogP) is 1.72. The summed E-state index contributed by atoms with van der Waals surface area (Å²) in [7, 11) is 1.24. The van der Waals surface area contributed by atoms with Gasteiger partial charge in [-0.3, -0.25) is 9.59 Å². The number of methoxy groups -OCH3 is 1. The number of hydrogen-bond donors (Lipinski definition) is 0. The van der Waals surface area contributed by atoms with Crippen LogP contribution in [0.1, 0.15) is 35.7 Å². The lowest BCUT2D eigenvalue weighted by atomic mass is 9.95. The minimum absolute atomic E-state index is 0.0269. The molecule has 1 aliphatic rings. The maximum atomic E-state index is 12.7. The van der Waals surface area contributed by atoms with Crippen LogP contribution in [0.3, 0.4) is 0 Å². The third-order valence-electron chi connectivity index (χ3n) is 4.62. The molecular formula is C19H18N2O6. The van der Waals surface area contributed by atoms with Gasteiger partial charge in [0, 0.05) is 5.92 Å². The minimum Gasteiger partial charge on any atom is -0.465 e. The molecule has 1 aliphatic carbocycles. The molecule has 8 heteroatoms. The molecule has 8 nitrogen and oxygen atoms in total.